The number of ether oxygens (including phenoxy) is 1. The van der Waals surface area contributed by atoms with E-state index in [0.717, 1.165) is 31.2 Å². The molecule has 0 spiro atoms. The number of hydrogen-bond acceptors (Lipinski definition) is 4. The third kappa shape index (κ3) is 3.26. The fourth-order valence-electron chi connectivity index (χ4n) is 3.13. The van der Waals surface area contributed by atoms with Gasteiger partial charge in [-0.05, 0) is 51.3 Å². The molecule has 128 valence electrons. The minimum absolute atomic E-state index is 0.117. The third-order valence-electron chi connectivity index (χ3n) is 4.53. The van der Waals surface area contributed by atoms with Crippen LogP contribution in [0.3, 0.4) is 0 Å². The predicted molar refractivity (Wildman–Crippen MR) is 91.3 cm³/mol. The molecule has 1 fully saturated rings. The second-order valence-electron chi connectivity index (χ2n) is 6.20. The van der Waals surface area contributed by atoms with E-state index in [0.29, 0.717) is 16.2 Å². The number of esters is 1. The van der Waals surface area contributed by atoms with E-state index in [1.54, 1.807) is 30.0 Å². The topological polar surface area (TPSA) is 59.8 Å². The first-order chi connectivity index (χ1) is 11.5. The summed E-state index contributed by atoms with van der Waals surface area (Å²) < 4.78 is 10.7. The monoisotopic (exact) mass is 349 g/mol. The molecule has 1 atom stereocenters. The Morgan fingerprint density at radius 3 is 2.92 bits per heavy atom. The lowest BCUT2D eigenvalue weighted by Crippen LogP contribution is -2.44. The quantitative estimate of drug-likeness (QED) is 0.787. The molecule has 2 heterocycles. The molecule has 2 aromatic rings. The van der Waals surface area contributed by atoms with Gasteiger partial charge in [-0.25, -0.2) is 4.79 Å². The van der Waals surface area contributed by atoms with Gasteiger partial charge >= 0.3 is 5.97 Å². The zero-order valence-electron chi connectivity index (χ0n) is 13.8. The average Bonchev–Trinajstić information content (AvgIpc) is 2.89. The maximum absolute atomic E-state index is 12.3. The molecule has 1 aliphatic heterocycles. The van der Waals surface area contributed by atoms with Gasteiger partial charge in [-0.15, -0.1) is 0 Å². The molecule has 0 bridgehead atoms. The summed E-state index contributed by atoms with van der Waals surface area (Å²) in [7, 11) is 0. The summed E-state index contributed by atoms with van der Waals surface area (Å²) in [6.07, 6.45) is 3.11. The number of amides is 1. The van der Waals surface area contributed by atoms with Crippen molar-refractivity contribution in [3.8, 4) is 0 Å². The molecule has 1 amide bonds. The smallest absolute Gasteiger partial charge is 0.375 e. The molecule has 0 radical (unpaired) electrons. The third-order valence-corrected chi connectivity index (χ3v) is 4.77. The van der Waals surface area contributed by atoms with Gasteiger partial charge in [0.2, 0.25) is 5.76 Å². The second-order valence-corrected chi connectivity index (χ2v) is 6.64. The van der Waals surface area contributed by atoms with Crippen molar-refractivity contribution in [2.75, 3.05) is 13.2 Å². The van der Waals surface area contributed by atoms with Crippen molar-refractivity contribution in [3.63, 3.8) is 0 Å². The Labute approximate surface area is 145 Å². The van der Waals surface area contributed by atoms with Crippen LogP contribution in [0.5, 0.6) is 0 Å². The van der Waals surface area contributed by atoms with Crippen molar-refractivity contribution in [1.82, 2.24) is 4.90 Å². The molecular formula is C18H20ClNO4. The fourth-order valence-corrected chi connectivity index (χ4v) is 3.30. The minimum atomic E-state index is -0.627. The highest BCUT2D eigenvalue weighted by atomic mass is 35.5. The molecule has 24 heavy (non-hydrogen) atoms. The highest BCUT2D eigenvalue weighted by Crippen LogP contribution is 2.28. The molecule has 5 nitrogen and oxygen atoms in total. The van der Waals surface area contributed by atoms with Crippen molar-refractivity contribution in [1.29, 1.82) is 0 Å². The van der Waals surface area contributed by atoms with Gasteiger partial charge in [0.05, 0.1) is 0 Å². The lowest BCUT2D eigenvalue weighted by Gasteiger charge is -2.33. The summed E-state index contributed by atoms with van der Waals surface area (Å²) in [4.78, 5) is 26.3. The zero-order valence-corrected chi connectivity index (χ0v) is 14.6. The Kier molecular flexibility index (Phi) is 4.81. The lowest BCUT2D eigenvalue weighted by molar-refractivity contribution is -0.137. The van der Waals surface area contributed by atoms with E-state index in [-0.39, 0.29) is 24.3 Å². The van der Waals surface area contributed by atoms with Crippen LogP contribution in [-0.2, 0) is 9.53 Å². The molecule has 0 saturated carbocycles. The van der Waals surface area contributed by atoms with Crippen molar-refractivity contribution >= 4 is 34.4 Å². The van der Waals surface area contributed by atoms with Crippen LogP contribution in [0.25, 0.3) is 11.0 Å². The minimum Gasteiger partial charge on any atom is -0.450 e. The van der Waals surface area contributed by atoms with Crippen LogP contribution in [-0.4, -0.2) is 36.0 Å². The average molecular weight is 350 g/mol. The van der Waals surface area contributed by atoms with Gasteiger partial charge < -0.3 is 14.1 Å². The number of benzene rings is 1. The Bertz CT molecular complexity index is 783. The number of nitrogens with zero attached hydrogens (tertiary/aromatic N) is 1. The number of halogens is 1. The number of rotatable bonds is 3. The summed E-state index contributed by atoms with van der Waals surface area (Å²) in [6, 6.07) is 5.35. The van der Waals surface area contributed by atoms with Crippen LogP contribution in [0.2, 0.25) is 5.02 Å². The second kappa shape index (κ2) is 6.85. The van der Waals surface area contributed by atoms with E-state index in [2.05, 4.69) is 0 Å². The Morgan fingerprint density at radius 1 is 1.38 bits per heavy atom. The molecule has 1 aromatic carbocycles. The van der Waals surface area contributed by atoms with Gasteiger partial charge in [-0.1, -0.05) is 11.6 Å². The normalized spacial score (nSPS) is 18.0. The molecule has 1 saturated heterocycles. The van der Waals surface area contributed by atoms with Crippen LogP contribution in [0, 0.1) is 6.92 Å². The zero-order chi connectivity index (χ0) is 17.3. The maximum Gasteiger partial charge on any atom is 0.375 e. The number of likely N-dealkylation sites (tertiary alicyclic amines) is 1. The molecule has 0 unspecified atom stereocenters. The Hall–Kier alpha value is -2.01. The lowest BCUT2D eigenvalue weighted by atomic mass is 10.0. The summed E-state index contributed by atoms with van der Waals surface area (Å²) in [5.41, 5.74) is 1.23. The predicted octanol–water partition coefficient (Wildman–Crippen LogP) is 3.95. The van der Waals surface area contributed by atoms with Crippen LogP contribution in [0.1, 0.15) is 42.3 Å². The molecule has 0 aliphatic carbocycles. The van der Waals surface area contributed by atoms with Crippen LogP contribution < -0.4 is 0 Å². The first-order valence-electron chi connectivity index (χ1n) is 8.12. The van der Waals surface area contributed by atoms with Gasteiger partial charge in [-0.2, -0.15) is 0 Å². The van der Waals surface area contributed by atoms with E-state index in [4.69, 9.17) is 20.8 Å². The molecule has 1 aromatic heterocycles. The number of carbonyl (C=O) groups excluding carboxylic acids is 2. The number of furan rings is 1. The Balaban J connectivity index is 1.69. The van der Waals surface area contributed by atoms with Crippen molar-refractivity contribution in [2.45, 2.75) is 39.2 Å². The molecular weight excluding hydrogens is 330 g/mol. The SMILES string of the molecule is Cc1c(C(=O)OCC(=O)N2CCCC[C@H]2C)oc2ccc(Cl)cc12. The summed E-state index contributed by atoms with van der Waals surface area (Å²) in [5, 5.41) is 1.34. The van der Waals surface area contributed by atoms with Gasteiger partial charge in [0.1, 0.15) is 5.58 Å². The largest absolute Gasteiger partial charge is 0.450 e. The number of fused-ring (bicyclic) bond motifs is 1. The van der Waals surface area contributed by atoms with E-state index >= 15 is 0 Å². The van der Waals surface area contributed by atoms with E-state index in [9.17, 15) is 9.59 Å². The molecule has 1 aliphatic rings. The van der Waals surface area contributed by atoms with E-state index in [1.807, 2.05) is 6.92 Å². The van der Waals surface area contributed by atoms with Gasteiger partial charge in [0.15, 0.2) is 6.61 Å². The number of hydrogen-bond donors (Lipinski definition) is 0. The highest BCUT2D eigenvalue weighted by molar-refractivity contribution is 6.31. The number of aryl methyl sites for hydroxylation is 1. The first-order valence-corrected chi connectivity index (χ1v) is 8.50. The van der Waals surface area contributed by atoms with Crippen LogP contribution in [0.4, 0.5) is 0 Å². The van der Waals surface area contributed by atoms with Gasteiger partial charge in [-0.3, -0.25) is 4.79 Å². The Morgan fingerprint density at radius 2 is 2.17 bits per heavy atom. The van der Waals surface area contributed by atoms with Crippen molar-refractivity contribution in [2.24, 2.45) is 0 Å². The maximum atomic E-state index is 12.3. The fraction of sp³-hybridized carbons (Fsp3) is 0.444. The summed E-state index contributed by atoms with van der Waals surface area (Å²) >= 11 is 5.97. The van der Waals surface area contributed by atoms with E-state index in [1.165, 1.54) is 0 Å². The highest BCUT2D eigenvalue weighted by Gasteiger charge is 2.25. The molecule has 0 N–H and O–H groups in total. The number of carbonyl (C=O) groups is 2. The standard InChI is InChI=1S/C18H20ClNO4/c1-11-5-3-4-8-20(11)16(21)10-23-18(22)17-12(2)14-9-13(19)6-7-15(14)24-17/h6-7,9,11H,3-5,8,10H2,1-2H3/t11-/m1/s1. The summed E-state index contributed by atoms with van der Waals surface area (Å²) in [6.45, 7) is 4.25. The van der Waals surface area contributed by atoms with Crippen LogP contribution in [0.15, 0.2) is 22.6 Å². The van der Waals surface area contributed by atoms with Crippen molar-refractivity contribution < 1.29 is 18.7 Å². The first kappa shape index (κ1) is 16.8. The van der Waals surface area contributed by atoms with Crippen LogP contribution >= 0.6 is 11.6 Å². The summed E-state index contributed by atoms with van der Waals surface area (Å²) in [5.74, 6) is -0.669. The molecule has 6 heteroatoms. The van der Waals surface area contributed by atoms with Gasteiger partial charge in [0.25, 0.3) is 5.91 Å². The molecule has 3 rings (SSSR count). The van der Waals surface area contributed by atoms with E-state index < -0.39 is 5.97 Å². The number of piperidine rings is 1. The van der Waals surface area contributed by atoms with Gasteiger partial charge in [0, 0.05) is 28.6 Å². The van der Waals surface area contributed by atoms with Crippen molar-refractivity contribution in [3.05, 3.63) is 34.5 Å².